The molecule has 0 heterocycles. The molecule has 2 aliphatic rings. The van der Waals surface area contributed by atoms with Gasteiger partial charge in [0.2, 0.25) is 0 Å². The van der Waals surface area contributed by atoms with Crippen molar-refractivity contribution in [3.63, 3.8) is 0 Å². The van der Waals surface area contributed by atoms with Gasteiger partial charge in [-0.1, -0.05) is 57.1 Å². The summed E-state index contributed by atoms with van der Waals surface area (Å²) in [7, 11) is 0. The lowest BCUT2D eigenvalue weighted by Crippen LogP contribution is -2.57. The highest BCUT2D eigenvalue weighted by Gasteiger charge is 2.30. The van der Waals surface area contributed by atoms with E-state index in [4.69, 9.17) is 11.1 Å². The van der Waals surface area contributed by atoms with Crippen LogP contribution in [0.5, 0.6) is 0 Å². The minimum Gasteiger partial charge on any atom is -0.481 e. The molecule has 0 aromatic rings. The molecule has 220 valence electrons. The van der Waals surface area contributed by atoms with Crippen LogP contribution in [0.1, 0.15) is 78.1 Å². The van der Waals surface area contributed by atoms with Crippen molar-refractivity contribution in [1.82, 2.24) is 10.6 Å². The molecule has 0 fully saturated rings. The van der Waals surface area contributed by atoms with E-state index in [0.29, 0.717) is 31.5 Å². The van der Waals surface area contributed by atoms with E-state index in [9.17, 15) is 25.2 Å². The van der Waals surface area contributed by atoms with Crippen molar-refractivity contribution in [3.8, 4) is 0 Å². The van der Waals surface area contributed by atoms with E-state index in [-0.39, 0.29) is 24.7 Å². The maximum atomic E-state index is 11.3. The maximum Gasteiger partial charge on any atom is 0.303 e. The third kappa shape index (κ3) is 11.5. The summed E-state index contributed by atoms with van der Waals surface area (Å²) in [5.41, 5.74) is 8.27. The Labute approximate surface area is 233 Å². The fourth-order valence-electron chi connectivity index (χ4n) is 5.02. The summed E-state index contributed by atoms with van der Waals surface area (Å²) in [6.07, 6.45) is 15.3. The number of carbonyl (C=O) groups is 1. The molecule has 39 heavy (non-hydrogen) atoms. The van der Waals surface area contributed by atoms with Crippen LogP contribution in [0.15, 0.2) is 47.6 Å². The number of carboxylic acid groups (broad SMARTS) is 1. The van der Waals surface area contributed by atoms with Crippen molar-refractivity contribution < 1.29 is 25.2 Å². The highest BCUT2D eigenvalue weighted by molar-refractivity contribution is 5.98. The molecule has 0 saturated carbocycles. The maximum absolute atomic E-state index is 11.3. The van der Waals surface area contributed by atoms with E-state index in [0.717, 1.165) is 43.3 Å². The lowest BCUT2D eigenvalue weighted by atomic mass is 9.87. The van der Waals surface area contributed by atoms with Crippen LogP contribution in [0, 0.1) is 17.2 Å². The second-order valence-corrected chi connectivity index (χ2v) is 10.8. The number of aliphatic carboxylic acids is 1. The summed E-state index contributed by atoms with van der Waals surface area (Å²) in [5, 5.41) is 56.4. The number of aliphatic hydroxyl groups excluding tert-OH is 3. The van der Waals surface area contributed by atoms with Gasteiger partial charge in [0.25, 0.3) is 0 Å². The predicted octanol–water partition coefficient (Wildman–Crippen LogP) is 3.13. The fourth-order valence-corrected chi connectivity index (χ4v) is 5.02. The summed E-state index contributed by atoms with van der Waals surface area (Å²) in [4.78, 5) is 11.3. The smallest absolute Gasteiger partial charge is 0.303 e. The van der Waals surface area contributed by atoms with Gasteiger partial charge in [0.1, 0.15) is 12.5 Å². The molecule has 9 N–H and O–H groups in total. The first-order valence-corrected chi connectivity index (χ1v) is 14.5. The van der Waals surface area contributed by atoms with Gasteiger partial charge < -0.3 is 31.6 Å². The van der Waals surface area contributed by atoms with Gasteiger partial charge >= 0.3 is 5.97 Å². The normalized spacial score (nSPS) is 22.0. The number of unbranched alkanes of at least 4 members (excludes halogenated alkanes) is 1. The topological polar surface area (TPSA) is 172 Å². The molecular formula is C30H50N4O5. The molecule has 9 nitrogen and oxygen atoms in total. The van der Waals surface area contributed by atoms with Gasteiger partial charge in [-0.15, -0.1) is 0 Å². The zero-order chi connectivity index (χ0) is 28.8. The molecule has 7 unspecified atom stereocenters. The Morgan fingerprint density at radius 1 is 1.08 bits per heavy atom. The lowest BCUT2D eigenvalue weighted by Gasteiger charge is -2.34. The summed E-state index contributed by atoms with van der Waals surface area (Å²) >= 11 is 0. The zero-order valence-electron chi connectivity index (χ0n) is 23.6. The van der Waals surface area contributed by atoms with Crippen molar-refractivity contribution >= 4 is 11.7 Å². The van der Waals surface area contributed by atoms with Crippen molar-refractivity contribution in [2.75, 3.05) is 6.54 Å². The summed E-state index contributed by atoms with van der Waals surface area (Å²) in [6, 6.07) is -1.13. The predicted molar refractivity (Wildman–Crippen MR) is 155 cm³/mol. The SMILES string of the molecule is CCC(C)C(O)C(CCCCN)NC(O)C(CCC(=O)O)NC(O)CCC1C=CC(C2=CCCC=C2)=CC1=N. The number of aliphatic hydroxyl groups is 3. The first-order valence-electron chi connectivity index (χ1n) is 14.5. The van der Waals surface area contributed by atoms with Gasteiger partial charge in [0, 0.05) is 30.1 Å². The Morgan fingerprint density at radius 3 is 2.46 bits per heavy atom. The second kappa shape index (κ2) is 17.5. The first kappa shape index (κ1) is 33.1. The van der Waals surface area contributed by atoms with Gasteiger partial charge in [0.15, 0.2) is 0 Å². The molecule has 0 saturated heterocycles. The Hall–Kier alpha value is -2.14. The van der Waals surface area contributed by atoms with Gasteiger partial charge in [-0.3, -0.25) is 15.4 Å². The standard InChI is InChI=1S/C30H50N4O5/c1-3-20(2)29(38)25(11-7-8-18-31)34-30(39)26(15-17-28(36)37)33-27(35)16-14-22-12-13-23(19-24(22)32)21-9-5-4-6-10-21/h5,9-10,12-13,19-20,22,25-27,29-30,32-35,38-39H,3-4,6-8,11,14-18,31H2,1-2H3,(H,36,37). The summed E-state index contributed by atoms with van der Waals surface area (Å²) in [5.74, 6) is -1.10. The van der Waals surface area contributed by atoms with Crippen LogP contribution in [0.2, 0.25) is 0 Å². The van der Waals surface area contributed by atoms with E-state index in [1.807, 2.05) is 32.1 Å². The molecule has 0 aliphatic heterocycles. The van der Waals surface area contributed by atoms with Crippen LogP contribution < -0.4 is 16.4 Å². The third-order valence-electron chi connectivity index (χ3n) is 7.75. The highest BCUT2D eigenvalue weighted by atomic mass is 16.4. The minimum absolute atomic E-state index is 0.0162. The number of nitrogens with two attached hydrogens (primary N) is 1. The van der Waals surface area contributed by atoms with Crippen LogP contribution in [0.3, 0.4) is 0 Å². The van der Waals surface area contributed by atoms with Crippen molar-refractivity contribution in [2.24, 2.45) is 17.6 Å². The Bertz CT molecular complexity index is 900. The first-order chi connectivity index (χ1) is 18.7. The molecule has 0 radical (unpaired) electrons. The monoisotopic (exact) mass is 546 g/mol. The molecule has 0 aromatic carbocycles. The van der Waals surface area contributed by atoms with E-state index in [2.05, 4.69) is 28.9 Å². The number of hydrogen-bond donors (Lipinski definition) is 8. The van der Waals surface area contributed by atoms with E-state index in [1.54, 1.807) is 0 Å². The average Bonchev–Trinajstić information content (AvgIpc) is 2.93. The van der Waals surface area contributed by atoms with Crippen LogP contribution in [-0.4, -0.2) is 69.3 Å². The van der Waals surface area contributed by atoms with Crippen LogP contribution in [-0.2, 0) is 4.79 Å². The van der Waals surface area contributed by atoms with Gasteiger partial charge in [-0.05, 0) is 74.6 Å². The Morgan fingerprint density at radius 2 is 1.85 bits per heavy atom. The van der Waals surface area contributed by atoms with Crippen LogP contribution >= 0.6 is 0 Å². The number of carboxylic acids is 1. The third-order valence-corrected chi connectivity index (χ3v) is 7.75. The number of allylic oxidation sites excluding steroid dienone is 8. The minimum atomic E-state index is -1.17. The summed E-state index contributed by atoms with van der Waals surface area (Å²) < 4.78 is 0. The lowest BCUT2D eigenvalue weighted by molar-refractivity contribution is -0.137. The van der Waals surface area contributed by atoms with Crippen LogP contribution in [0.25, 0.3) is 0 Å². The van der Waals surface area contributed by atoms with E-state index < -0.39 is 36.6 Å². The second-order valence-electron chi connectivity index (χ2n) is 10.8. The molecule has 7 atom stereocenters. The summed E-state index contributed by atoms with van der Waals surface area (Å²) in [6.45, 7) is 4.50. The Balaban J connectivity index is 1.97. The molecular weight excluding hydrogens is 496 g/mol. The van der Waals surface area contributed by atoms with Gasteiger partial charge in [-0.2, -0.15) is 0 Å². The molecule has 0 aromatic heterocycles. The fraction of sp³-hybridized carbons (Fsp3) is 0.667. The van der Waals surface area contributed by atoms with Gasteiger partial charge in [-0.25, -0.2) is 0 Å². The number of rotatable bonds is 19. The molecule has 0 amide bonds. The largest absolute Gasteiger partial charge is 0.481 e. The van der Waals surface area contributed by atoms with Gasteiger partial charge in [0.05, 0.1) is 6.10 Å². The molecule has 0 spiro atoms. The van der Waals surface area contributed by atoms with E-state index >= 15 is 0 Å². The Kier molecular flexibility index (Phi) is 14.9. The molecule has 2 aliphatic carbocycles. The van der Waals surface area contributed by atoms with Crippen molar-refractivity contribution in [1.29, 1.82) is 5.41 Å². The quantitative estimate of drug-likeness (QED) is 0.0901. The number of hydrogen-bond acceptors (Lipinski definition) is 8. The van der Waals surface area contributed by atoms with Crippen molar-refractivity contribution in [3.05, 3.63) is 47.6 Å². The van der Waals surface area contributed by atoms with E-state index in [1.165, 1.54) is 0 Å². The molecule has 9 heteroatoms. The number of nitrogens with one attached hydrogen (secondary N) is 3. The molecule has 0 bridgehead atoms. The zero-order valence-corrected chi connectivity index (χ0v) is 23.6. The van der Waals surface area contributed by atoms with Crippen LogP contribution in [0.4, 0.5) is 0 Å². The van der Waals surface area contributed by atoms with Crippen molar-refractivity contribution in [2.45, 2.75) is 109 Å². The average molecular weight is 547 g/mol. The highest BCUT2D eigenvalue weighted by Crippen LogP contribution is 2.26. The molecule has 2 rings (SSSR count).